The average molecular weight is 466 g/mol. The third kappa shape index (κ3) is 4.24. The van der Waals surface area contributed by atoms with Crippen LogP contribution in [-0.2, 0) is 4.74 Å². The molecular formula is C28H27N5O2. The van der Waals surface area contributed by atoms with E-state index in [1.165, 1.54) is 0 Å². The molecule has 1 aliphatic rings. The highest BCUT2D eigenvalue weighted by molar-refractivity contribution is 6.07. The van der Waals surface area contributed by atoms with Gasteiger partial charge in [0.2, 0.25) is 0 Å². The van der Waals surface area contributed by atoms with Crippen LogP contribution in [0.3, 0.4) is 0 Å². The molecule has 1 fully saturated rings. The number of nitrogens with one attached hydrogen (secondary N) is 2. The fourth-order valence-electron chi connectivity index (χ4n) is 4.96. The number of aromatic nitrogens is 4. The molecule has 5 aromatic rings. The monoisotopic (exact) mass is 465 g/mol. The van der Waals surface area contributed by atoms with Gasteiger partial charge in [-0.25, -0.2) is 0 Å². The van der Waals surface area contributed by atoms with Gasteiger partial charge in [-0.3, -0.25) is 19.8 Å². The van der Waals surface area contributed by atoms with E-state index >= 15 is 0 Å². The topological polar surface area (TPSA) is 86.9 Å². The van der Waals surface area contributed by atoms with Crippen LogP contribution < -0.4 is 0 Å². The third-order valence-corrected chi connectivity index (χ3v) is 6.83. The van der Waals surface area contributed by atoms with Gasteiger partial charge in [0.05, 0.1) is 30.3 Å². The number of morpholine rings is 1. The van der Waals surface area contributed by atoms with Crippen molar-refractivity contribution in [2.45, 2.75) is 12.8 Å². The van der Waals surface area contributed by atoms with Crippen molar-refractivity contribution in [1.29, 1.82) is 0 Å². The van der Waals surface area contributed by atoms with Crippen LogP contribution in [0.5, 0.6) is 0 Å². The molecule has 7 heteroatoms. The molecule has 1 aliphatic heterocycles. The number of pyridine rings is 1. The molecule has 0 aliphatic carbocycles. The zero-order valence-corrected chi connectivity index (χ0v) is 19.6. The number of ether oxygens (including phenoxy) is 1. The maximum atomic E-state index is 13.9. The van der Waals surface area contributed by atoms with Crippen molar-refractivity contribution >= 4 is 27.6 Å². The highest BCUT2D eigenvalue weighted by atomic mass is 16.5. The van der Waals surface area contributed by atoms with Gasteiger partial charge in [0.25, 0.3) is 0 Å². The summed E-state index contributed by atoms with van der Waals surface area (Å²) < 4.78 is 5.52. The predicted octanol–water partition coefficient (Wildman–Crippen LogP) is 4.71. The number of carbonyl (C=O) groups excluding carboxylic acids is 1. The van der Waals surface area contributed by atoms with Crippen LogP contribution in [0.1, 0.15) is 27.5 Å². The number of ketones is 1. The van der Waals surface area contributed by atoms with E-state index in [4.69, 9.17) is 4.74 Å². The van der Waals surface area contributed by atoms with Gasteiger partial charge in [-0.2, -0.15) is 5.10 Å². The van der Waals surface area contributed by atoms with E-state index in [0.717, 1.165) is 57.3 Å². The first-order valence-corrected chi connectivity index (χ1v) is 12.0. The molecule has 1 unspecified atom stereocenters. The standard InChI is InChI=1S/C28H27N5O2/c1-18-3-2-4-20(13-18)23(17-33-9-11-35-12-10-33)28(34)26-15-21-14-22-25(16-24(21)30-26)31-32-27(22)19-5-7-29-8-6-19/h2-8,13-16,23,30H,9-12,17H2,1H3,(H,31,32). The van der Waals surface area contributed by atoms with Crippen LogP contribution in [0.25, 0.3) is 33.1 Å². The Bertz CT molecular complexity index is 1500. The fourth-order valence-corrected chi connectivity index (χ4v) is 4.96. The summed E-state index contributed by atoms with van der Waals surface area (Å²) in [5, 5.41) is 9.66. The molecule has 176 valence electrons. The molecule has 7 nitrogen and oxygen atoms in total. The summed E-state index contributed by atoms with van der Waals surface area (Å²) >= 11 is 0. The van der Waals surface area contributed by atoms with E-state index in [-0.39, 0.29) is 11.7 Å². The van der Waals surface area contributed by atoms with Crippen molar-refractivity contribution in [1.82, 2.24) is 25.1 Å². The zero-order chi connectivity index (χ0) is 23.8. The first kappa shape index (κ1) is 21.7. The van der Waals surface area contributed by atoms with E-state index in [2.05, 4.69) is 56.3 Å². The average Bonchev–Trinajstić information content (AvgIpc) is 3.50. The van der Waals surface area contributed by atoms with Crippen molar-refractivity contribution < 1.29 is 9.53 Å². The lowest BCUT2D eigenvalue weighted by molar-refractivity contribution is 0.0344. The minimum atomic E-state index is -0.250. The molecule has 2 N–H and O–H groups in total. The van der Waals surface area contributed by atoms with Gasteiger partial charge in [0.15, 0.2) is 5.78 Å². The van der Waals surface area contributed by atoms with Gasteiger partial charge in [-0.1, -0.05) is 29.8 Å². The maximum Gasteiger partial charge on any atom is 0.187 e. The summed E-state index contributed by atoms with van der Waals surface area (Å²) in [4.78, 5) is 23.7. The smallest absolute Gasteiger partial charge is 0.187 e. The highest BCUT2D eigenvalue weighted by Gasteiger charge is 2.27. The Kier molecular flexibility index (Phi) is 5.64. The molecule has 0 bridgehead atoms. The summed E-state index contributed by atoms with van der Waals surface area (Å²) in [7, 11) is 0. The highest BCUT2D eigenvalue weighted by Crippen LogP contribution is 2.31. The number of carbonyl (C=O) groups is 1. The Hall–Kier alpha value is -3.81. The van der Waals surface area contributed by atoms with E-state index < -0.39 is 0 Å². The Morgan fingerprint density at radius 3 is 2.69 bits per heavy atom. The Morgan fingerprint density at radius 1 is 1.06 bits per heavy atom. The molecule has 1 saturated heterocycles. The van der Waals surface area contributed by atoms with Gasteiger partial charge in [0, 0.05) is 53.9 Å². The quantitative estimate of drug-likeness (QED) is 0.355. The largest absolute Gasteiger partial charge is 0.379 e. The van der Waals surface area contributed by atoms with Crippen LogP contribution >= 0.6 is 0 Å². The summed E-state index contributed by atoms with van der Waals surface area (Å²) in [5.41, 5.74) is 6.56. The fraction of sp³-hybridized carbons (Fsp3) is 0.250. The second kappa shape index (κ2) is 9.09. The summed E-state index contributed by atoms with van der Waals surface area (Å²) in [6, 6.07) is 18.3. The lowest BCUT2D eigenvalue weighted by Gasteiger charge is -2.30. The Labute approximate surface area is 203 Å². The number of aryl methyl sites for hydroxylation is 1. The number of hydrogen-bond acceptors (Lipinski definition) is 5. The summed E-state index contributed by atoms with van der Waals surface area (Å²) in [6.45, 7) is 5.86. The van der Waals surface area contributed by atoms with Crippen molar-refractivity contribution in [3.63, 3.8) is 0 Å². The minimum absolute atomic E-state index is 0.106. The lowest BCUT2D eigenvalue weighted by Crippen LogP contribution is -2.40. The van der Waals surface area contributed by atoms with E-state index in [1.54, 1.807) is 12.4 Å². The normalized spacial score (nSPS) is 15.6. The van der Waals surface area contributed by atoms with Crippen molar-refractivity contribution in [2.24, 2.45) is 0 Å². The number of hydrogen-bond donors (Lipinski definition) is 2. The van der Waals surface area contributed by atoms with Gasteiger partial charge < -0.3 is 9.72 Å². The van der Waals surface area contributed by atoms with Gasteiger partial charge in [0.1, 0.15) is 5.69 Å². The number of aromatic amines is 2. The van der Waals surface area contributed by atoms with E-state index in [9.17, 15) is 4.79 Å². The van der Waals surface area contributed by atoms with E-state index in [0.29, 0.717) is 25.5 Å². The molecule has 3 aromatic heterocycles. The Balaban J connectivity index is 1.38. The third-order valence-electron chi connectivity index (χ3n) is 6.83. The van der Waals surface area contributed by atoms with E-state index in [1.807, 2.05) is 30.3 Å². The molecule has 0 radical (unpaired) electrons. The summed E-state index contributed by atoms with van der Waals surface area (Å²) in [5.74, 6) is -0.144. The second-order valence-corrected chi connectivity index (χ2v) is 9.22. The first-order valence-electron chi connectivity index (χ1n) is 12.0. The number of benzene rings is 2. The Morgan fingerprint density at radius 2 is 1.89 bits per heavy atom. The van der Waals surface area contributed by atoms with Gasteiger partial charge in [-0.15, -0.1) is 0 Å². The van der Waals surface area contributed by atoms with Crippen LogP contribution in [0.15, 0.2) is 67.0 Å². The number of H-pyrrole nitrogens is 2. The molecule has 6 rings (SSSR count). The maximum absolute atomic E-state index is 13.9. The summed E-state index contributed by atoms with van der Waals surface area (Å²) in [6.07, 6.45) is 3.53. The molecule has 0 saturated carbocycles. The molecule has 4 heterocycles. The molecule has 35 heavy (non-hydrogen) atoms. The van der Waals surface area contributed by atoms with Crippen LogP contribution in [0.4, 0.5) is 0 Å². The lowest BCUT2D eigenvalue weighted by atomic mass is 9.91. The van der Waals surface area contributed by atoms with Crippen molar-refractivity contribution in [2.75, 3.05) is 32.8 Å². The van der Waals surface area contributed by atoms with Gasteiger partial charge in [-0.05, 0) is 42.8 Å². The van der Waals surface area contributed by atoms with Crippen LogP contribution in [0, 0.1) is 6.92 Å². The predicted molar refractivity (Wildman–Crippen MR) is 137 cm³/mol. The second-order valence-electron chi connectivity index (χ2n) is 9.22. The number of nitrogens with zero attached hydrogens (tertiary/aromatic N) is 3. The minimum Gasteiger partial charge on any atom is -0.379 e. The van der Waals surface area contributed by atoms with Gasteiger partial charge >= 0.3 is 0 Å². The first-order chi connectivity index (χ1) is 17.2. The number of Topliss-reactive ketones (excluding diaryl/α,β-unsaturated/α-hetero) is 1. The molecule has 1 atom stereocenters. The molecular weight excluding hydrogens is 438 g/mol. The molecule has 2 aromatic carbocycles. The van der Waals surface area contributed by atoms with Crippen LogP contribution in [0.2, 0.25) is 0 Å². The SMILES string of the molecule is Cc1cccc(C(CN2CCOCC2)C(=O)c2cc3cc4c(-c5ccncc5)n[nH]c4cc3[nH]2)c1. The number of rotatable bonds is 6. The van der Waals surface area contributed by atoms with Crippen LogP contribution in [-0.4, -0.2) is 63.7 Å². The zero-order valence-electron chi connectivity index (χ0n) is 19.6. The van der Waals surface area contributed by atoms with Crippen molar-refractivity contribution in [3.05, 3.63) is 83.8 Å². The molecule has 0 amide bonds. The number of fused-ring (bicyclic) bond motifs is 2. The molecule has 0 spiro atoms. The van der Waals surface area contributed by atoms with Crippen molar-refractivity contribution in [3.8, 4) is 11.3 Å².